The summed E-state index contributed by atoms with van der Waals surface area (Å²) in [6.07, 6.45) is 3.54. The van der Waals surface area contributed by atoms with Crippen LogP contribution in [0.5, 0.6) is 0 Å². The number of nitrogens with zero attached hydrogens (tertiary/aromatic N) is 1. The molecule has 0 radical (unpaired) electrons. The zero-order chi connectivity index (χ0) is 14.6. The van der Waals surface area contributed by atoms with Gasteiger partial charge in [-0.1, -0.05) is 20.8 Å². The predicted molar refractivity (Wildman–Crippen MR) is 76.2 cm³/mol. The number of hydrogen-bond acceptors (Lipinski definition) is 3. The Hall–Kier alpha value is -0.910. The smallest absolute Gasteiger partial charge is 0.245 e. The normalized spacial score (nSPS) is 27.1. The van der Waals surface area contributed by atoms with Crippen LogP contribution in [0.4, 0.5) is 0 Å². The van der Waals surface area contributed by atoms with Crippen LogP contribution in [0.2, 0.25) is 0 Å². The van der Waals surface area contributed by atoms with Crippen LogP contribution in [-0.4, -0.2) is 51.1 Å². The Bertz CT molecular complexity index is 373. The van der Waals surface area contributed by atoms with E-state index in [2.05, 4.69) is 5.32 Å². The van der Waals surface area contributed by atoms with Crippen LogP contribution in [0.1, 0.15) is 40.0 Å². The van der Waals surface area contributed by atoms with E-state index in [1.807, 2.05) is 20.8 Å². The number of nitrogens with one attached hydrogen (secondary N) is 1. The number of carbonyl (C=O) groups is 2. The van der Waals surface area contributed by atoms with Crippen LogP contribution in [0.25, 0.3) is 0 Å². The average Bonchev–Trinajstić information content (AvgIpc) is 2.38. The molecule has 0 bridgehead atoms. The third kappa shape index (κ3) is 3.78. The summed E-state index contributed by atoms with van der Waals surface area (Å²) in [6.45, 7) is 6.19. The molecule has 1 N–H and O–H groups in total. The molecule has 1 heterocycles. The quantitative estimate of drug-likeness (QED) is 0.781. The highest BCUT2D eigenvalue weighted by Gasteiger charge is 2.38. The lowest BCUT2D eigenvalue weighted by atomic mass is 10.0. The predicted octanol–water partition coefficient (Wildman–Crippen LogP) is 0.659. The van der Waals surface area contributed by atoms with Crippen molar-refractivity contribution in [1.82, 2.24) is 10.2 Å². The number of rotatable bonds is 6. The zero-order valence-corrected chi connectivity index (χ0v) is 13.0. The van der Waals surface area contributed by atoms with Crippen molar-refractivity contribution in [1.29, 1.82) is 0 Å². The van der Waals surface area contributed by atoms with Crippen molar-refractivity contribution in [2.75, 3.05) is 12.8 Å². The number of amides is 2. The lowest BCUT2D eigenvalue weighted by Gasteiger charge is -2.38. The molecular weight excluding hydrogens is 264 g/mol. The van der Waals surface area contributed by atoms with Crippen molar-refractivity contribution in [3.8, 4) is 0 Å². The summed E-state index contributed by atoms with van der Waals surface area (Å²) >= 11 is 0. The number of piperazine rings is 1. The maximum Gasteiger partial charge on any atom is 0.245 e. The van der Waals surface area contributed by atoms with Crippen molar-refractivity contribution in [3.63, 3.8) is 0 Å². The molecule has 0 aromatic rings. The molecule has 1 aliphatic rings. The molecule has 6 heteroatoms. The molecule has 5 nitrogen and oxygen atoms in total. The second kappa shape index (κ2) is 7.03. The first-order chi connectivity index (χ1) is 8.92. The summed E-state index contributed by atoms with van der Waals surface area (Å²) in [5, 5.41) is 2.80. The Morgan fingerprint density at radius 1 is 1.32 bits per heavy atom. The van der Waals surface area contributed by atoms with Gasteiger partial charge in [0.05, 0.1) is 0 Å². The fourth-order valence-corrected chi connectivity index (χ4v) is 2.70. The van der Waals surface area contributed by atoms with Gasteiger partial charge in [0.1, 0.15) is 12.1 Å². The van der Waals surface area contributed by atoms with E-state index in [1.54, 1.807) is 11.2 Å². The van der Waals surface area contributed by atoms with Crippen molar-refractivity contribution in [2.24, 2.45) is 0 Å². The summed E-state index contributed by atoms with van der Waals surface area (Å²) in [5.41, 5.74) is 0. The van der Waals surface area contributed by atoms with Gasteiger partial charge in [0, 0.05) is 28.9 Å². The largest absolute Gasteiger partial charge is 0.343 e. The van der Waals surface area contributed by atoms with E-state index in [0.717, 1.165) is 0 Å². The Kier molecular flexibility index (Phi) is 5.97. The third-order valence-electron chi connectivity index (χ3n) is 3.71. The lowest BCUT2D eigenvalue weighted by Crippen LogP contribution is -2.63. The first-order valence-electron chi connectivity index (χ1n) is 6.85. The molecule has 1 saturated heterocycles. The van der Waals surface area contributed by atoms with E-state index in [9.17, 15) is 13.8 Å². The summed E-state index contributed by atoms with van der Waals surface area (Å²) in [5.74, 6) is -0.0812. The Labute approximate surface area is 117 Å². The van der Waals surface area contributed by atoms with Gasteiger partial charge < -0.3 is 10.2 Å². The molecule has 1 rings (SSSR count). The van der Waals surface area contributed by atoms with Crippen LogP contribution in [-0.2, 0) is 20.4 Å². The molecule has 1 aliphatic heterocycles. The molecule has 4 atom stereocenters. The van der Waals surface area contributed by atoms with Crippen molar-refractivity contribution < 1.29 is 13.8 Å². The van der Waals surface area contributed by atoms with Gasteiger partial charge >= 0.3 is 0 Å². The molecule has 4 unspecified atom stereocenters. The second-order valence-electron chi connectivity index (χ2n) is 5.02. The van der Waals surface area contributed by atoms with Crippen LogP contribution in [0.3, 0.4) is 0 Å². The van der Waals surface area contributed by atoms with E-state index in [-0.39, 0.29) is 23.1 Å². The standard InChI is InChI=1S/C13H24N2O3S/c1-5-10-13(17)15(8-7-9(3)19(4)18)11(6-2)12(16)14-10/h9-11H,5-8H2,1-4H3,(H,14,16). The van der Waals surface area contributed by atoms with Gasteiger partial charge in [0.2, 0.25) is 11.8 Å². The van der Waals surface area contributed by atoms with Gasteiger partial charge in [-0.05, 0) is 19.3 Å². The van der Waals surface area contributed by atoms with Crippen LogP contribution >= 0.6 is 0 Å². The minimum atomic E-state index is -0.897. The van der Waals surface area contributed by atoms with Gasteiger partial charge in [-0.2, -0.15) is 0 Å². The third-order valence-corrected chi connectivity index (χ3v) is 5.08. The van der Waals surface area contributed by atoms with E-state index < -0.39 is 16.8 Å². The summed E-state index contributed by atoms with van der Waals surface area (Å²) in [6, 6.07) is -0.787. The molecule has 1 fully saturated rings. The molecule has 0 saturated carbocycles. The monoisotopic (exact) mass is 288 g/mol. The lowest BCUT2D eigenvalue weighted by molar-refractivity contribution is -0.149. The molecule has 0 aromatic heterocycles. The van der Waals surface area contributed by atoms with Gasteiger partial charge in [0.25, 0.3) is 0 Å². The maximum absolute atomic E-state index is 12.3. The average molecular weight is 288 g/mol. The highest BCUT2D eigenvalue weighted by molar-refractivity contribution is 7.84. The molecule has 19 heavy (non-hydrogen) atoms. The highest BCUT2D eigenvalue weighted by atomic mass is 32.2. The Morgan fingerprint density at radius 3 is 2.42 bits per heavy atom. The highest BCUT2D eigenvalue weighted by Crippen LogP contribution is 2.16. The number of hydrogen-bond donors (Lipinski definition) is 1. The topological polar surface area (TPSA) is 66.5 Å². The minimum absolute atomic E-state index is 0.0111. The molecule has 0 aromatic carbocycles. The fraction of sp³-hybridized carbons (Fsp3) is 0.846. The maximum atomic E-state index is 12.3. The molecule has 0 aliphatic carbocycles. The first kappa shape index (κ1) is 16.1. The summed E-state index contributed by atoms with van der Waals surface area (Å²) < 4.78 is 11.4. The fourth-order valence-electron chi connectivity index (χ4n) is 2.26. The van der Waals surface area contributed by atoms with E-state index in [4.69, 9.17) is 0 Å². The molecular formula is C13H24N2O3S. The van der Waals surface area contributed by atoms with Crippen molar-refractivity contribution in [3.05, 3.63) is 0 Å². The van der Waals surface area contributed by atoms with E-state index >= 15 is 0 Å². The summed E-state index contributed by atoms with van der Waals surface area (Å²) in [4.78, 5) is 25.9. The van der Waals surface area contributed by atoms with Crippen molar-refractivity contribution in [2.45, 2.75) is 57.4 Å². The first-order valence-corrected chi connectivity index (χ1v) is 8.47. The van der Waals surface area contributed by atoms with Gasteiger partial charge in [-0.25, -0.2) is 0 Å². The van der Waals surface area contributed by atoms with Crippen LogP contribution in [0.15, 0.2) is 0 Å². The second-order valence-corrected chi connectivity index (χ2v) is 6.82. The summed E-state index contributed by atoms with van der Waals surface area (Å²) in [7, 11) is -0.897. The Morgan fingerprint density at radius 2 is 1.95 bits per heavy atom. The van der Waals surface area contributed by atoms with Gasteiger partial charge in [-0.3, -0.25) is 13.8 Å². The van der Waals surface area contributed by atoms with Gasteiger partial charge in [-0.15, -0.1) is 0 Å². The van der Waals surface area contributed by atoms with Crippen LogP contribution < -0.4 is 5.32 Å². The van der Waals surface area contributed by atoms with E-state index in [0.29, 0.717) is 25.8 Å². The van der Waals surface area contributed by atoms with E-state index in [1.165, 1.54) is 0 Å². The molecule has 2 amide bonds. The van der Waals surface area contributed by atoms with Gasteiger partial charge in [0.15, 0.2) is 0 Å². The SMILES string of the molecule is CCC1NC(=O)C(CC)N(CCC(C)S(C)=O)C1=O. The molecule has 110 valence electrons. The van der Waals surface area contributed by atoms with Crippen molar-refractivity contribution >= 4 is 22.6 Å². The zero-order valence-electron chi connectivity index (χ0n) is 12.1. The Balaban J connectivity index is 2.76. The molecule has 0 spiro atoms. The van der Waals surface area contributed by atoms with Crippen LogP contribution in [0, 0.1) is 0 Å². The minimum Gasteiger partial charge on any atom is -0.343 e. The number of carbonyl (C=O) groups excluding carboxylic acids is 2.